The van der Waals surface area contributed by atoms with Gasteiger partial charge in [-0.2, -0.15) is 0 Å². The lowest BCUT2D eigenvalue weighted by atomic mass is 9.80. The zero-order chi connectivity index (χ0) is 24.0. The third kappa shape index (κ3) is 5.82. The van der Waals surface area contributed by atoms with Gasteiger partial charge in [-0.25, -0.2) is 4.79 Å². The summed E-state index contributed by atoms with van der Waals surface area (Å²) in [5.41, 5.74) is 12.8. The van der Waals surface area contributed by atoms with Gasteiger partial charge in [0.15, 0.2) is 0 Å². The van der Waals surface area contributed by atoms with E-state index in [1.807, 2.05) is 30.3 Å². The molecule has 3 aromatic carbocycles. The highest BCUT2D eigenvalue weighted by molar-refractivity contribution is 5.91. The van der Waals surface area contributed by atoms with Crippen LogP contribution in [0.25, 0.3) is 11.1 Å². The van der Waals surface area contributed by atoms with Crippen molar-refractivity contribution in [2.45, 2.75) is 59.0 Å². The fourth-order valence-corrected chi connectivity index (χ4v) is 4.35. The quantitative estimate of drug-likeness (QED) is 0.361. The molecule has 0 radical (unpaired) electrons. The number of nitrogens with two attached hydrogens (primary N) is 1. The van der Waals surface area contributed by atoms with Crippen LogP contribution in [0.3, 0.4) is 0 Å². The topological polar surface area (TPSA) is 72.6 Å². The summed E-state index contributed by atoms with van der Waals surface area (Å²) >= 11 is 0. The van der Waals surface area contributed by atoms with Gasteiger partial charge < -0.3 is 15.6 Å². The molecule has 0 heterocycles. The van der Waals surface area contributed by atoms with E-state index in [-0.39, 0.29) is 17.4 Å². The second-order valence-corrected chi connectivity index (χ2v) is 9.09. The molecule has 0 atom stereocenters. The molecule has 0 aliphatic carbocycles. The maximum absolute atomic E-state index is 11.9. The molecule has 0 amide bonds. The van der Waals surface area contributed by atoms with Crippen molar-refractivity contribution in [2.75, 3.05) is 6.54 Å². The van der Waals surface area contributed by atoms with Crippen LogP contribution in [0.15, 0.2) is 60.7 Å². The Labute approximate surface area is 197 Å². The third-order valence-corrected chi connectivity index (χ3v) is 5.95. The van der Waals surface area contributed by atoms with Crippen LogP contribution in [0.1, 0.15) is 78.6 Å². The third-order valence-electron chi connectivity index (χ3n) is 5.95. The monoisotopic (exact) mass is 445 g/mol. The minimum atomic E-state index is -0.942. The van der Waals surface area contributed by atoms with Gasteiger partial charge in [-0.05, 0) is 77.2 Å². The molecule has 0 bridgehead atoms. The number of aromatic carboxylic acids is 1. The van der Waals surface area contributed by atoms with Crippen LogP contribution in [0, 0.1) is 0 Å². The molecule has 0 aliphatic heterocycles. The van der Waals surface area contributed by atoms with Crippen molar-refractivity contribution < 1.29 is 14.6 Å². The molecule has 33 heavy (non-hydrogen) atoms. The summed E-state index contributed by atoms with van der Waals surface area (Å²) in [7, 11) is 0. The molecule has 3 aromatic rings. The van der Waals surface area contributed by atoms with Gasteiger partial charge in [-0.3, -0.25) is 0 Å². The Morgan fingerprint density at radius 3 is 2.30 bits per heavy atom. The van der Waals surface area contributed by atoms with Crippen molar-refractivity contribution in [3.63, 3.8) is 0 Å². The molecule has 0 saturated heterocycles. The minimum Gasteiger partial charge on any atom is -0.488 e. The summed E-state index contributed by atoms with van der Waals surface area (Å²) in [6.45, 7) is 9.79. The summed E-state index contributed by atoms with van der Waals surface area (Å²) in [5.74, 6) is 0.296. The fraction of sp³-hybridized carbons (Fsp3) is 0.345. The highest BCUT2D eigenvalue weighted by atomic mass is 16.5. The first-order valence-corrected chi connectivity index (χ1v) is 11.7. The zero-order valence-electron chi connectivity index (χ0n) is 20.1. The van der Waals surface area contributed by atoms with Gasteiger partial charge in [0.25, 0.3) is 0 Å². The summed E-state index contributed by atoms with van der Waals surface area (Å²) in [6, 6.07) is 19.6. The molecule has 0 spiro atoms. The first-order valence-electron chi connectivity index (χ1n) is 11.7. The van der Waals surface area contributed by atoms with Gasteiger partial charge in [-0.15, -0.1) is 0 Å². The molecular weight excluding hydrogens is 410 g/mol. The number of aryl methyl sites for hydroxylation is 1. The maximum Gasteiger partial charge on any atom is 0.335 e. The minimum absolute atomic E-state index is 0.258. The molecule has 0 aromatic heterocycles. The summed E-state index contributed by atoms with van der Waals surface area (Å²) in [4.78, 5) is 11.9. The summed E-state index contributed by atoms with van der Waals surface area (Å²) in [5, 5.41) is 9.73. The van der Waals surface area contributed by atoms with Crippen molar-refractivity contribution in [1.82, 2.24) is 0 Å². The smallest absolute Gasteiger partial charge is 0.335 e. The van der Waals surface area contributed by atoms with Crippen LogP contribution in [0.5, 0.6) is 5.75 Å². The van der Waals surface area contributed by atoms with Crippen molar-refractivity contribution in [3.8, 4) is 16.9 Å². The fourth-order valence-electron chi connectivity index (χ4n) is 4.35. The number of hydrogen-bond donors (Lipinski definition) is 2. The number of benzene rings is 3. The van der Waals surface area contributed by atoms with Crippen LogP contribution < -0.4 is 10.5 Å². The summed E-state index contributed by atoms with van der Waals surface area (Å²) in [6.07, 6.45) is 1.81. The second kappa shape index (κ2) is 11.2. The van der Waals surface area contributed by atoms with Crippen molar-refractivity contribution >= 4 is 5.97 Å². The van der Waals surface area contributed by atoms with Crippen molar-refractivity contribution in [2.24, 2.45) is 5.73 Å². The number of ether oxygens (including phenoxy) is 1. The van der Waals surface area contributed by atoms with E-state index in [0.29, 0.717) is 18.9 Å². The molecule has 3 N–H and O–H groups in total. The van der Waals surface area contributed by atoms with Gasteiger partial charge in [0.2, 0.25) is 0 Å². The Morgan fingerprint density at radius 1 is 0.970 bits per heavy atom. The van der Waals surface area contributed by atoms with Crippen molar-refractivity contribution in [3.05, 3.63) is 88.5 Å². The normalized spacial score (nSPS) is 11.2. The lowest BCUT2D eigenvalue weighted by molar-refractivity contribution is 0.0697. The predicted octanol–water partition coefficient (Wildman–Crippen LogP) is 6.77. The Hall–Kier alpha value is -3.11. The van der Waals surface area contributed by atoms with Crippen LogP contribution in [-0.4, -0.2) is 17.6 Å². The van der Waals surface area contributed by atoms with Crippen LogP contribution in [-0.2, 0) is 13.0 Å². The van der Waals surface area contributed by atoms with Crippen LogP contribution in [0.4, 0.5) is 0 Å². The van der Waals surface area contributed by atoms with E-state index in [2.05, 4.69) is 39.8 Å². The molecule has 0 aliphatic rings. The first kappa shape index (κ1) is 24.5. The molecule has 0 saturated carbocycles. The molecular formula is C29H35NO3. The molecule has 4 nitrogen and oxygen atoms in total. The van der Waals surface area contributed by atoms with E-state index in [9.17, 15) is 9.90 Å². The Bertz CT molecular complexity index is 1090. The average Bonchev–Trinajstić information content (AvgIpc) is 2.81. The summed E-state index contributed by atoms with van der Waals surface area (Å²) < 4.78 is 6.29. The largest absolute Gasteiger partial charge is 0.488 e. The highest BCUT2D eigenvalue weighted by Crippen LogP contribution is 2.43. The number of carboxylic acids is 1. The standard InChI is InChI=1S/C29H35NO3/c1-19(2)24-14-12-22(11-8-16-30)27(20(3)4)28(24)25-17-23(29(31)32)13-15-26(25)33-18-21-9-6-5-7-10-21/h5-7,9-10,12-15,17,19-20H,8,11,16,18,30H2,1-4H3,(H,31,32). The van der Waals surface area contributed by atoms with E-state index in [1.54, 1.807) is 18.2 Å². The van der Waals surface area contributed by atoms with E-state index in [0.717, 1.165) is 29.5 Å². The van der Waals surface area contributed by atoms with Gasteiger partial charge >= 0.3 is 5.97 Å². The first-order chi connectivity index (χ1) is 15.8. The van der Waals surface area contributed by atoms with Crippen LogP contribution in [0.2, 0.25) is 0 Å². The van der Waals surface area contributed by atoms with Crippen LogP contribution >= 0.6 is 0 Å². The van der Waals surface area contributed by atoms with Crippen molar-refractivity contribution in [1.29, 1.82) is 0 Å². The SMILES string of the molecule is CC(C)c1ccc(CCCN)c(C(C)C)c1-c1cc(C(=O)O)ccc1OCc1ccccc1. The van der Waals surface area contributed by atoms with E-state index >= 15 is 0 Å². The highest BCUT2D eigenvalue weighted by Gasteiger charge is 2.23. The van der Waals surface area contributed by atoms with Gasteiger partial charge in [0.05, 0.1) is 5.56 Å². The molecule has 4 heteroatoms. The molecule has 0 fully saturated rings. The molecule has 0 unspecified atom stereocenters. The maximum atomic E-state index is 11.9. The number of carbonyl (C=O) groups is 1. The Balaban J connectivity index is 2.23. The lowest BCUT2D eigenvalue weighted by Crippen LogP contribution is -2.09. The average molecular weight is 446 g/mol. The molecule has 174 valence electrons. The van der Waals surface area contributed by atoms with Gasteiger partial charge in [0, 0.05) is 5.56 Å². The predicted molar refractivity (Wildman–Crippen MR) is 135 cm³/mol. The Morgan fingerprint density at radius 2 is 1.70 bits per heavy atom. The zero-order valence-corrected chi connectivity index (χ0v) is 20.1. The molecule has 3 rings (SSSR count). The van der Waals surface area contributed by atoms with Gasteiger partial charge in [0.1, 0.15) is 12.4 Å². The number of rotatable bonds is 10. The number of hydrogen-bond acceptors (Lipinski definition) is 3. The Kier molecular flexibility index (Phi) is 8.29. The van der Waals surface area contributed by atoms with E-state index in [4.69, 9.17) is 10.5 Å². The van der Waals surface area contributed by atoms with E-state index < -0.39 is 5.97 Å². The second-order valence-electron chi connectivity index (χ2n) is 9.09. The number of carboxylic acid groups (broad SMARTS) is 1. The van der Waals surface area contributed by atoms with Gasteiger partial charge in [-0.1, -0.05) is 70.2 Å². The lowest BCUT2D eigenvalue weighted by Gasteiger charge is -2.25. The van der Waals surface area contributed by atoms with E-state index in [1.165, 1.54) is 16.7 Å².